The number of ether oxygens (including phenoxy) is 1. The third-order valence-electron chi connectivity index (χ3n) is 2.77. The minimum atomic E-state index is -0.490. The third kappa shape index (κ3) is 2.81. The first-order chi connectivity index (χ1) is 9.02. The molecule has 0 unspecified atom stereocenters. The molecule has 19 heavy (non-hydrogen) atoms. The first-order valence-corrected chi connectivity index (χ1v) is 6.30. The number of hydrogen-bond acceptors (Lipinski definition) is 3. The molecular formula is C13H15ClFN3O. The molecule has 6 heteroatoms. The molecule has 0 bridgehead atoms. The van der Waals surface area contributed by atoms with Crippen molar-refractivity contribution in [3.8, 4) is 5.75 Å². The normalized spacial score (nSPS) is 10.7. The molecule has 0 fully saturated rings. The van der Waals surface area contributed by atoms with E-state index >= 15 is 0 Å². The molecule has 1 heterocycles. The fourth-order valence-corrected chi connectivity index (χ4v) is 1.98. The van der Waals surface area contributed by atoms with Gasteiger partial charge in [0.15, 0.2) is 11.6 Å². The first-order valence-electron chi connectivity index (χ1n) is 5.92. The first kappa shape index (κ1) is 13.7. The molecule has 0 spiro atoms. The lowest BCUT2D eigenvalue weighted by molar-refractivity contribution is 0.278. The van der Waals surface area contributed by atoms with Gasteiger partial charge in [-0.05, 0) is 26.0 Å². The molecule has 2 rings (SSSR count). The summed E-state index contributed by atoms with van der Waals surface area (Å²) >= 11 is 6.15. The van der Waals surface area contributed by atoms with E-state index in [9.17, 15) is 4.39 Å². The number of hydrogen-bond donors (Lipinski definition) is 1. The van der Waals surface area contributed by atoms with Crippen molar-refractivity contribution in [2.75, 3.05) is 5.73 Å². The van der Waals surface area contributed by atoms with Gasteiger partial charge in [0.1, 0.15) is 6.61 Å². The van der Waals surface area contributed by atoms with Crippen LogP contribution in [0, 0.1) is 12.7 Å². The minimum Gasteiger partial charge on any atom is -0.484 e. The van der Waals surface area contributed by atoms with E-state index in [1.165, 1.54) is 12.1 Å². The maximum absolute atomic E-state index is 13.6. The molecule has 2 aromatic rings. The van der Waals surface area contributed by atoms with Crippen LogP contribution in [0.15, 0.2) is 18.2 Å². The number of aromatic nitrogens is 2. The number of halogens is 2. The van der Waals surface area contributed by atoms with Gasteiger partial charge in [0.2, 0.25) is 0 Å². The van der Waals surface area contributed by atoms with E-state index in [-0.39, 0.29) is 12.4 Å². The Morgan fingerprint density at radius 3 is 2.84 bits per heavy atom. The predicted octanol–water partition coefficient (Wildman–Crippen LogP) is 3.17. The Morgan fingerprint density at radius 1 is 1.47 bits per heavy atom. The smallest absolute Gasteiger partial charge is 0.167 e. The van der Waals surface area contributed by atoms with E-state index in [0.29, 0.717) is 17.3 Å². The van der Waals surface area contributed by atoms with Gasteiger partial charge >= 0.3 is 0 Å². The Balaban J connectivity index is 2.18. The average Bonchev–Trinajstić information content (AvgIpc) is 2.65. The number of nitrogen functional groups attached to an aromatic ring is 1. The molecule has 0 aliphatic heterocycles. The van der Waals surface area contributed by atoms with E-state index in [4.69, 9.17) is 22.1 Å². The Kier molecular flexibility index (Phi) is 3.95. The molecule has 102 valence electrons. The maximum atomic E-state index is 13.6. The molecule has 0 saturated carbocycles. The van der Waals surface area contributed by atoms with Crippen molar-refractivity contribution < 1.29 is 9.13 Å². The molecule has 0 radical (unpaired) electrons. The van der Waals surface area contributed by atoms with E-state index < -0.39 is 5.82 Å². The molecule has 1 aromatic carbocycles. The molecular weight excluding hydrogens is 269 g/mol. The highest BCUT2D eigenvalue weighted by atomic mass is 35.5. The number of rotatable bonds is 4. The van der Waals surface area contributed by atoms with Gasteiger partial charge in [-0.15, -0.1) is 0 Å². The van der Waals surface area contributed by atoms with Gasteiger partial charge in [-0.2, -0.15) is 5.10 Å². The largest absolute Gasteiger partial charge is 0.484 e. The zero-order valence-electron chi connectivity index (χ0n) is 10.8. The Labute approximate surface area is 115 Å². The standard InChI is InChI=1S/C13H15ClFN3O/c1-3-18-11(13(14)8(2)17-18)7-19-12-5-4-9(16)6-10(12)15/h4-6H,3,7,16H2,1-2H3. The van der Waals surface area contributed by atoms with Crippen LogP contribution in [0.25, 0.3) is 0 Å². The van der Waals surface area contributed by atoms with Gasteiger partial charge < -0.3 is 10.5 Å². The molecule has 2 N–H and O–H groups in total. The maximum Gasteiger partial charge on any atom is 0.167 e. The molecule has 0 aliphatic rings. The van der Waals surface area contributed by atoms with Crippen molar-refractivity contribution in [3.05, 3.63) is 40.4 Å². The Bertz CT molecular complexity index is 598. The fraction of sp³-hybridized carbons (Fsp3) is 0.308. The van der Waals surface area contributed by atoms with Crippen LogP contribution in [0.1, 0.15) is 18.3 Å². The molecule has 4 nitrogen and oxygen atoms in total. The van der Waals surface area contributed by atoms with Gasteiger partial charge in [-0.3, -0.25) is 4.68 Å². The summed E-state index contributed by atoms with van der Waals surface area (Å²) in [5, 5.41) is 4.82. The highest BCUT2D eigenvalue weighted by molar-refractivity contribution is 6.31. The number of nitrogens with zero attached hydrogens (tertiary/aromatic N) is 2. The van der Waals surface area contributed by atoms with Crippen molar-refractivity contribution in [3.63, 3.8) is 0 Å². The molecule has 1 aromatic heterocycles. The number of nitrogens with two attached hydrogens (primary N) is 1. The molecule has 0 amide bonds. The summed E-state index contributed by atoms with van der Waals surface area (Å²) in [7, 11) is 0. The van der Waals surface area contributed by atoms with Crippen molar-refractivity contribution in [1.29, 1.82) is 0 Å². The van der Waals surface area contributed by atoms with Crippen LogP contribution in [-0.4, -0.2) is 9.78 Å². The van der Waals surface area contributed by atoms with Crippen LogP contribution in [0.2, 0.25) is 5.02 Å². The van der Waals surface area contributed by atoms with Crippen LogP contribution in [-0.2, 0) is 13.2 Å². The number of aryl methyl sites for hydroxylation is 2. The SMILES string of the molecule is CCn1nc(C)c(Cl)c1COc1ccc(N)cc1F. The molecule has 0 saturated heterocycles. The molecule has 0 atom stereocenters. The fourth-order valence-electron chi connectivity index (χ4n) is 1.79. The van der Waals surface area contributed by atoms with E-state index in [0.717, 1.165) is 11.4 Å². The lowest BCUT2D eigenvalue weighted by Crippen LogP contribution is -2.07. The van der Waals surface area contributed by atoms with Crippen molar-refractivity contribution in [2.45, 2.75) is 27.0 Å². The third-order valence-corrected chi connectivity index (χ3v) is 3.26. The van der Waals surface area contributed by atoms with Crippen LogP contribution in [0.4, 0.5) is 10.1 Å². The molecule has 0 aliphatic carbocycles. The van der Waals surface area contributed by atoms with Crippen LogP contribution < -0.4 is 10.5 Å². The lowest BCUT2D eigenvalue weighted by atomic mass is 10.3. The Morgan fingerprint density at radius 2 is 2.21 bits per heavy atom. The van der Waals surface area contributed by atoms with Gasteiger partial charge in [-0.1, -0.05) is 11.6 Å². The average molecular weight is 284 g/mol. The van der Waals surface area contributed by atoms with Gasteiger partial charge in [0, 0.05) is 18.3 Å². The van der Waals surface area contributed by atoms with Gasteiger partial charge in [0.05, 0.1) is 16.4 Å². The summed E-state index contributed by atoms with van der Waals surface area (Å²) in [6.07, 6.45) is 0. The van der Waals surface area contributed by atoms with E-state index in [1.807, 2.05) is 13.8 Å². The monoisotopic (exact) mass is 283 g/mol. The topological polar surface area (TPSA) is 53.1 Å². The highest BCUT2D eigenvalue weighted by Crippen LogP contribution is 2.24. The summed E-state index contributed by atoms with van der Waals surface area (Å²) in [5.74, 6) is -0.345. The minimum absolute atomic E-state index is 0.145. The highest BCUT2D eigenvalue weighted by Gasteiger charge is 2.14. The van der Waals surface area contributed by atoms with Gasteiger partial charge in [-0.25, -0.2) is 4.39 Å². The zero-order chi connectivity index (χ0) is 14.0. The quantitative estimate of drug-likeness (QED) is 0.877. The summed E-state index contributed by atoms with van der Waals surface area (Å²) < 4.78 is 20.8. The summed E-state index contributed by atoms with van der Waals surface area (Å²) in [6.45, 7) is 4.61. The second-order valence-electron chi connectivity index (χ2n) is 4.14. The summed E-state index contributed by atoms with van der Waals surface area (Å²) in [4.78, 5) is 0. The van der Waals surface area contributed by atoms with Crippen LogP contribution in [0.3, 0.4) is 0 Å². The van der Waals surface area contributed by atoms with E-state index in [1.54, 1.807) is 10.7 Å². The van der Waals surface area contributed by atoms with Crippen molar-refractivity contribution in [2.24, 2.45) is 0 Å². The zero-order valence-corrected chi connectivity index (χ0v) is 11.5. The number of anilines is 1. The van der Waals surface area contributed by atoms with Gasteiger partial charge in [0.25, 0.3) is 0 Å². The second-order valence-corrected chi connectivity index (χ2v) is 4.52. The van der Waals surface area contributed by atoms with Crippen LogP contribution >= 0.6 is 11.6 Å². The van der Waals surface area contributed by atoms with Crippen molar-refractivity contribution >= 4 is 17.3 Å². The lowest BCUT2D eigenvalue weighted by Gasteiger charge is -2.09. The second kappa shape index (κ2) is 5.48. The van der Waals surface area contributed by atoms with Crippen LogP contribution in [0.5, 0.6) is 5.75 Å². The summed E-state index contributed by atoms with van der Waals surface area (Å²) in [6, 6.07) is 4.31. The Hall–Kier alpha value is -1.75. The summed E-state index contributed by atoms with van der Waals surface area (Å²) in [5.41, 5.74) is 7.31. The predicted molar refractivity (Wildman–Crippen MR) is 72.8 cm³/mol. The number of benzene rings is 1. The van der Waals surface area contributed by atoms with Crippen molar-refractivity contribution in [1.82, 2.24) is 9.78 Å². The van der Waals surface area contributed by atoms with E-state index in [2.05, 4.69) is 5.10 Å².